The van der Waals surface area contributed by atoms with Crippen LogP contribution in [0, 0.1) is 5.41 Å². The van der Waals surface area contributed by atoms with E-state index >= 15 is 0 Å². The van der Waals surface area contributed by atoms with E-state index in [1.54, 1.807) is 5.38 Å². The van der Waals surface area contributed by atoms with Crippen molar-refractivity contribution in [1.29, 1.82) is 5.41 Å². The zero-order valence-electron chi connectivity index (χ0n) is 25.8. The Bertz CT molecular complexity index is 2100. The molecule has 20 heteroatoms. The molecule has 2 atom stereocenters. The standard InChI is InChI=1S/C29H28N10O7S3/c1-29(2,27(44)45)46-36-19(15-11-49-28(32)34-15)23(40)35-20-24(41)39-21(26(42)43)14(10-48-25(20)39)8-37-5-4-17-13(7-37)3-6-38(17)9-18-33-16(12-47-18)22(30)31/h3-7,11-12,20,25H,8-10H2,1-2H3,(H7-,30,31,32,34,35,40,42,43,44,45)/p+1/t20-,25-/m1/s1. The van der Waals surface area contributed by atoms with Crippen molar-refractivity contribution in [2.75, 3.05) is 11.5 Å². The van der Waals surface area contributed by atoms with Crippen LogP contribution in [0.2, 0.25) is 0 Å². The predicted molar refractivity (Wildman–Crippen MR) is 180 cm³/mol. The summed E-state index contributed by atoms with van der Waals surface area (Å²) in [5.74, 6) is -3.91. The summed E-state index contributed by atoms with van der Waals surface area (Å²) in [6, 6.07) is 2.75. The van der Waals surface area contributed by atoms with Crippen LogP contribution in [-0.4, -0.2) is 87.7 Å². The number of thioether (sulfide) groups is 1. The molecule has 4 aromatic rings. The van der Waals surface area contributed by atoms with Gasteiger partial charge in [0.2, 0.25) is 5.60 Å². The van der Waals surface area contributed by atoms with Crippen LogP contribution in [0.15, 0.2) is 57.9 Å². The fourth-order valence-electron chi connectivity index (χ4n) is 5.11. The number of carboxylic acids is 2. The number of nitrogen functional groups attached to an aromatic ring is 2. The maximum Gasteiger partial charge on any atom is 0.352 e. The average Bonchev–Trinajstić information content (AvgIpc) is 3.80. The highest BCUT2D eigenvalue weighted by Crippen LogP contribution is 2.40. The van der Waals surface area contributed by atoms with Gasteiger partial charge in [0.25, 0.3) is 11.8 Å². The lowest BCUT2D eigenvalue weighted by Gasteiger charge is -2.49. The lowest BCUT2D eigenvalue weighted by atomic mass is 10.0. The molecule has 0 unspecified atom stereocenters. The number of nitrogens with one attached hydrogen (secondary N) is 2. The number of β-lactam (4-membered cyclic amide) rings is 1. The second-order valence-corrected chi connectivity index (χ2v) is 14.4. The van der Waals surface area contributed by atoms with Gasteiger partial charge in [-0.15, -0.1) is 34.4 Å². The molecule has 2 aliphatic rings. The monoisotopic (exact) mass is 725 g/mol. The topological polar surface area (TPSA) is 256 Å². The lowest BCUT2D eigenvalue weighted by molar-refractivity contribution is -0.687. The van der Waals surface area contributed by atoms with Crippen LogP contribution >= 0.6 is 34.4 Å². The molecule has 4 aromatic heterocycles. The molecule has 8 N–H and O–H groups in total. The summed E-state index contributed by atoms with van der Waals surface area (Å²) >= 11 is 3.74. The van der Waals surface area contributed by atoms with Crippen LogP contribution in [0.3, 0.4) is 0 Å². The fourth-order valence-corrected chi connectivity index (χ4v) is 7.79. The average molecular weight is 726 g/mol. The highest BCUT2D eigenvalue weighted by Gasteiger charge is 2.55. The van der Waals surface area contributed by atoms with E-state index < -0.39 is 46.5 Å². The van der Waals surface area contributed by atoms with E-state index in [0.717, 1.165) is 32.1 Å². The molecule has 0 radical (unpaired) electrons. The highest BCUT2D eigenvalue weighted by molar-refractivity contribution is 8.00. The van der Waals surface area contributed by atoms with E-state index in [0.29, 0.717) is 17.8 Å². The molecule has 0 spiro atoms. The van der Waals surface area contributed by atoms with E-state index in [-0.39, 0.29) is 34.7 Å². The summed E-state index contributed by atoms with van der Waals surface area (Å²) < 4.78 is 3.85. The third-order valence-electron chi connectivity index (χ3n) is 7.67. The molecule has 0 aliphatic carbocycles. The van der Waals surface area contributed by atoms with E-state index in [1.165, 1.54) is 42.3 Å². The van der Waals surface area contributed by atoms with Gasteiger partial charge in [0, 0.05) is 34.3 Å². The summed E-state index contributed by atoms with van der Waals surface area (Å²) in [4.78, 5) is 65.4. The highest BCUT2D eigenvalue weighted by atomic mass is 32.2. The molecule has 0 bridgehead atoms. The van der Waals surface area contributed by atoms with Gasteiger partial charge in [-0.05, 0) is 19.9 Å². The number of nitrogens with two attached hydrogens (primary N) is 2. The number of hydrogen-bond donors (Lipinski definition) is 6. The smallest absolute Gasteiger partial charge is 0.352 e. The Balaban J connectivity index is 1.18. The minimum atomic E-state index is -1.78. The SMILES string of the molecule is CC(C)(ON=C(C(=O)N[C@@H]1C(=O)N2C(C(=O)O)=C(C[n+]3ccc4c(ccn4Cc4nc(C(=N)N)cs4)c3)CS[C@H]12)c1csc(N)n1)C(=O)O. The lowest BCUT2D eigenvalue weighted by Crippen LogP contribution is -2.71. The number of rotatable bonds is 12. The Morgan fingerprint density at radius 3 is 2.61 bits per heavy atom. The van der Waals surface area contributed by atoms with Crippen molar-refractivity contribution in [3.05, 3.63) is 69.1 Å². The number of pyridine rings is 1. The maximum absolute atomic E-state index is 13.4. The van der Waals surface area contributed by atoms with Gasteiger partial charge >= 0.3 is 11.9 Å². The Morgan fingerprint density at radius 1 is 1.20 bits per heavy atom. The van der Waals surface area contributed by atoms with Crippen LogP contribution in [0.5, 0.6) is 0 Å². The largest absolute Gasteiger partial charge is 0.478 e. The van der Waals surface area contributed by atoms with Gasteiger partial charge in [-0.25, -0.2) is 24.1 Å². The Hall–Kier alpha value is -5.34. The first kappa shape index (κ1) is 33.6. The van der Waals surface area contributed by atoms with Crippen LogP contribution in [0.1, 0.15) is 30.2 Å². The second-order valence-electron chi connectivity index (χ2n) is 11.5. The van der Waals surface area contributed by atoms with E-state index in [4.69, 9.17) is 21.7 Å². The van der Waals surface area contributed by atoms with Gasteiger partial charge in [-0.1, -0.05) is 5.16 Å². The summed E-state index contributed by atoms with van der Waals surface area (Å²) in [7, 11) is 0. The minimum absolute atomic E-state index is 0.0177. The van der Waals surface area contributed by atoms with Gasteiger partial charge in [-0.3, -0.25) is 19.9 Å². The molecule has 6 rings (SSSR count). The zero-order valence-corrected chi connectivity index (χ0v) is 28.3. The number of carboxylic acid groups (broad SMARTS) is 2. The summed E-state index contributed by atoms with van der Waals surface area (Å²) in [6.45, 7) is 3.19. The van der Waals surface area contributed by atoms with Gasteiger partial charge in [-0.2, -0.15) is 0 Å². The van der Waals surface area contributed by atoms with Crippen molar-refractivity contribution in [2.24, 2.45) is 10.9 Å². The Morgan fingerprint density at radius 2 is 1.96 bits per heavy atom. The molecule has 254 valence electrons. The molecular weight excluding hydrogens is 697 g/mol. The molecule has 17 nitrogen and oxygen atoms in total. The van der Waals surface area contributed by atoms with Crippen LogP contribution in [-0.2, 0) is 37.1 Å². The number of fused-ring (bicyclic) bond motifs is 2. The van der Waals surface area contributed by atoms with Crippen molar-refractivity contribution in [3.8, 4) is 0 Å². The normalized spacial score (nSPS) is 17.9. The van der Waals surface area contributed by atoms with Gasteiger partial charge in [0.1, 0.15) is 39.3 Å². The molecule has 6 heterocycles. The number of amidine groups is 1. The van der Waals surface area contributed by atoms with Crippen molar-refractivity contribution < 1.29 is 38.8 Å². The number of aliphatic carboxylic acids is 2. The van der Waals surface area contributed by atoms with Gasteiger partial charge in [0.05, 0.1) is 17.4 Å². The Kier molecular flexibility index (Phi) is 8.86. The summed E-state index contributed by atoms with van der Waals surface area (Å²) in [5, 5.41) is 37.7. The third kappa shape index (κ3) is 6.56. The third-order valence-corrected chi connectivity index (χ3v) is 10.5. The van der Waals surface area contributed by atoms with Gasteiger partial charge in [0.15, 0.2) is 29.8 Å². The molecular formula is C29H29N10O7S3+. The molecule has 1 fully saturated rings. The van der Waals surface area contributed by atoms with E-state index in [9.17, 15) is 29.4 Å². The number of anilines is 1. The number of thiazole rings is 2. The van der Waals surface area contributed by atoms with Crippen molar-refractivity contribution in [2.45, 2.75) is 44.0 Å². The van der Waals surface area contributed by atoms with Gasteiger partial charge < -0.3 is 36.4 Å². The molecule has 2 amide bonds. The summed E-state index contributed by atoms with van der Waals surface area (Å²) in [5.41, 5.74) is 10.8. The quantitative estimate of drug-likeness (QED) is 0.0390. The van der Waals surface area contributed by atoms with Crippen molar-refractivity contribution >= 4 is 85.8 Å². The number of carbonyl (C=O) groups is 4. The second kappa shape index (κ2) is 12.9. The van der Waals surface area contributed by atoms with E-state index in [2.05, 4.69) is 20.4 Å². The fraction of sp³-hybridized carbons (Fsp3) is 0.276. The van der Waals surface area contributed by atoms with Crippen molar-refractivity contribution in [3.63, 3.8) is 0 Å². The van der Waals surface area contributed by atoms with Crippen LogP contribution in [0.25, 0.3) is 10.9 Å². The Labute approximate surface area is 289 Å². The first-order chi connectivity index (χ1) is 23.2. The predicted octanol–water partition coefficient (Wildman–Crippen LogP) is 0.779. The number of amides is 2. The van der Waals surface area contributed by atoms with Crippen LogP contribution < -0.4 is 21.4 Å². The first-order valence-electron chi connectivity index (χ1n) is 14.4. The van der Waals surface area contributed by atoms with Crippen molar-refractivity contribution in [1.82, 2.24) is 24.8 Å². The molecule has 1 saturated heterocycles. The zero-order chi connectivity index (χ0) is 35.2. The van der Waals surface area contributed by atoms with E-state index in [1.807, 2.05) is 39.9 Å². The summed E-state index contributed by atoms with van der Waals surface area (Å²) in [6.07, 6.45) is 5.63. The number of nitrogens with zero attached hydrogens (tertiary/aromatic N) is 6. The molecule has 49 heavy (non-hydrogen) atoms. The molecule has 2 aliphatic heterocycles. The number of oxime groups is 1. The number of aromatic nitrogens is 4. The minimum Gasteiger partial charge on any atom is -0.478 e. The first-order valence-corrected chi connectivity index (χ1v) is 17.2. The van der Waals surface area contributed by atoms with Crippen LogP contribution in [0.4, 0.5) is 5.13 Å². The number of hydrogen-bond acceptors (Lipinski definition) is 13. The maximum atomic E-state index is 13.4. The number of carbonyl (C=O) groups excluding carboxylic acids is 2. The molecule has 0 saturated carbocycles. The molecule has 0 aromatic carbocycles.